The molecule has 0 radical (unpaired) electrons. The molecule has 1 N–H and O–H groups in total. The van der Waals surface area contributed by atoms with Crippen LogP contribution in [0.1, 0.15) is 12.8 Å². The lowest BCUT2D eigenvalue weighted by Gasteiger charge is -2.24. The van der Waals surface area contributed by atoms with Crippen LogP contribution < -0.4 is 5.32 Å². The van der Waals surface area contributed by atoms with Crippen LogP contribution in [0.5, 0.6) is 0 Å². The number of hydrogen-bond acceptors (Lipinski definition) is 5. The molecule has 2 atom stereocenters. The summed E-state index contributed by atoms with van der Waals surface area (Å²) in [5.41, 5.74) is -4.80. The van der Waals surface area contributed by atoms with Gasteiger partial charge in [0.2, 0.25) is 0 Å². The summed E-state index contributed by atoms with van der Waals surface area (Å²) in [7, 11) is -3.78. The van der Waals surface area contributed by atoms with E-state index in [1.54, 1.807) is 7.11 Å². The Morgan fingerprint density at radius 1 is 1.35 bits per heavy atom. The van der Waals surface area contributed by atoms with Crippen molar-refractivity contribution < 1.29 is 31.1 Å². The van der Waals surface area contributed by atoms with Crippen molar-refractivity contribution in [3.05, 3.63) is 24.3 Å². The van der Waals surface area contributed by atoms with Crippen LogP contribution in [-0.2, 0) is 19.3 Å². The molecular formula is C14H18F3NO4S. The molecule has 1 aromatic carbocycles. The number of nitrogens with one attached hydrogen (secondary N) is 1. The molecule has 1 aromatic rings. The Balaban J connectivity index is 2.12. The fourth-order valence-corrected chi connectivity index (χ4v) is 3.18. The first-order valence-electron chi connectivity index (χ1n) is 7.04. The first-order chi connectivity index (χ1) is 10.8. The quantitative estimate of drug-likeness (QED) is 0.852. The van der Waals surface area contributed by atoms with Gasteiger partial charge in [0, 0.05) is 19.4 Å². The van der Waals surface area contributed by atoms with Crippen molar-refractivity contribution in [3.63, 3.8) is 0 Å². The molecule has 2 rings (SSSR count). The molecule has 9 heteroatoms. The van der Waals surface area contributed by atoms with Gasteiger partial charge in [0.05, 0.1) is 23.6 Å². The first-order valence-corrected chi connectivity index (χ1v) is 8.52. The molecule has 1 saturated heterocycles. The summed E-state index contributed by atoms with van der Waals surface area (Å²) in [6, 6.07) is 4.31. The van der Waals surface area contributed by atoms with Crippen LogP contribution in [0.3, 0.4) is 0 Å². The van der Waals surface area contributed by atoms with E-state index in [0.29, 0.717) is 18.9 Å². The fraction of sp³-hybridized carbons (Fsp3) is 0.571. The van der Waals surface area contributed by atoms with Gasteiger partial charge < -0.3 is 14.8 Å². The molecule has 0 spiro atoms. The minimum absolute atomic E-state index is 0.0477. The van der Waals surface area contributed by atoms with Crippen molar-refractivity contribution >= 4 is 15.5 Å². The summed E-state index contributed by atoms with van der Waals surface area (Å²) in [6.07, 6.45) is 1.75. The van der Waals surface area contributed by atoms with Gasteiger partial charge in [-0.1, -0.05) is 0 Å². The Hall–Kier alpha value is -1.32. The zero-order chi connectivity index (χ0) is 17.1. The number of alkyl halides is 3. The molecule has 0 aromatic heterocycles. The molecule has 1 heterocycles. The van der Waals surface area contributed by atoms with Crippen molar-refractivity contribution in [2.75, 3.05) is 25.6 Å². The number of benzene rings is 1. The highest BCUT2D eigenvalue weighted by Gasteiger charge is 2.46. The highest BCUT2D eigenvalue weighted by molar-refractivity contribution is 7.92. The number of rotatable bonds is 6. The second-order valence-corrected chi connectivity index (χ2v) is 7.17. The summed E-state index contributed by atoms with van der Waals surface area (Å²) in [5.74, 6) is 0. The maximum atomic E-state index is 12.5. The van der Waals surface area contributed by atoms with Crippen molar-refractivity contribution in [2.45, 2.75) is 35.4 Å². The normalized spacial score (nSPS) is 20.4. The Kier molecular flexibility index (Phi) is 5.53. The maximum Gasteiger partial charge on any atom is 0.501 e. The molecule has 0 bridgehead atoms. The summed E-state index contributed by atoms with van der Waals surface area (Å²) < 4.78 is 70.8. The predicted molar refractivity (Wildman–Crippen MR) is 77.9 cm³/mol. The first kappa shape index (κ1) is 18.0. The van der Waals surface area contributed by atoms with E-state index in [9.17, 15) is 21.6 Å². The van der Waals surface area contributed by atoms with Crippen LogP contribution in [0.15, 0.2) is 29.2 Å². The number of ether oxygens (including phenoxy) is 2. The molecule has 130 valence electrons. The summed E-state index contributed by atoms with van der Waals surface area (Å²) >= 11 is 0. The smallest absolute Gasteiger partial charge is 0.382 e. The Morgan fingerprint density at radius 3 is 2.48 bits per heavy atom. The minimum Gasteiger partial charge on any atom is -0.382 e. The molecule has 0 aliphatic carbocycles. The lowest BCUT2D eigenvalue weighted by atomic mass is 10.1. The van der Waals surface area contributed by atoms with Crippen LogP contribution in [-0.4, -0.2) is 46.4 Å². The summed E-state index contributed by atoms with van der Waals surface area (Å²) in [6.45, 7) is 1.03. The van der Waals surface area contributed by atoms with Crippen molar-refractivity contribution in [1.82, 2.24) is 0 Å². The van der Waals surface area contributed by atoms with Gasteiger partial charge in [0.25, 0.3) is 9.84 Å². The van der Waals surface area contributed by atoms with Crippen molar-refractivity contribution in [3.8, 4) is 0 Å². The zero-order valence-corrected chi connectivity index (χ0v) is 13.3. The fourth-order valence-electron chi connectivity index (χ4n) is 2.42. The topological polar surface area (TPSA) is 64.6 Å². The SMILES string of the molecule is COC[C@@H](Nc1ccc(S(=O)(=O)C(F)(F)F)cc1)[C@H]1CCCO1. The molecule has 0 unspecified atom stereocenters. The second-order valence-electron chi connectivity index (χ2n) is 5.23. The average Bonchev–Trinajstić information content (AvgIpc) is 3.00. The van der Waals surface area contributed by atoms with Gasteiger partial charge >= 0.3 is 5.51 Å². The number of sulfone groups is 1. The van der Waals surface area contributed by atoms with Crippen LogP contribution in [0.25, 0.3) is 0 Å². The molecule has 1 fully saturated rings. The summed E-state index contributed by atoms with van der Waals surface area (Å²) in [4.78, 5) is -0.782. The lowest BCUT2D eigenvalue weighted by molar-refractivity contribution is -0.0436. The monoisotopic (exact) mass is 353 g/mol. The molecule has 0 amide bonds. The number of methoxy groups -OCH3 is 1. The van der Waals surface area contributed by atoms with Gasteiger partial charge in [-0.3, -0.25) is 0 Å². The van der Waals surface area contributed by atoms with Gasteiger partial charge in [-0.2, -0.15) is 13.2 Å². The molecule has 5 nitrogen and oxygen atoms in total. The van der Waals surface area contributed by atoms with E-state index < -0.39 is 20.2 Å². The number of halogens is 3. The Bertz CT molecular complexity index is 610. The van der Waals surface area contributed by atoms with E-state index in [1.807, 2.05) is 0 Å². The van der Waals surface area contributed by atoms with Gasteiger partial charge in [-0.25, -0.2) is 8.42 Å². The highest BCUT2D eigenvalue weighted by Crippen LogP contribution is 2.31. The Morgan fingerprint density at radius 2 is 2.00 bits per heavy atom. The Labute approximate surface area is 132 Å². The van der Waals surface area contributed by atoms with E-state index >= 15 is 0 Å². The van der Waals surface area contributed by atoms with E-state index in [2.05, 4.69) is 5.32 Å². The maximum absolute atomic E-state index is 12.5. The van der Waals surface area contributed by atoms with Crippen LogP contribution >= 0.6 is 0 Å². The third-order valence-electron chi connectivity index (χ3n) is 3.58. The lowest BCUT2D eigenvalue weighted by Crippen LogP contribution is -2.37. The molecule has 23 heavy (non-hydrogen) atoms. The van der Waals surface area contributed by atoms with Gasteiger partial charge in [0.1, 0.15) is 0 Å². The van der Waals surface area contributed by atoms with Gasteiger partial charge in [-0.15, -0.1) is 0 Å². The molecule has 1 aliphatic rings. The van der Waals surface area contributed by atoms with Gasteiger partial charge in [-0.05, 0) is 37.1 Å². The molecule has 1 aliphatic heterocycles. The van der Waals surface area contributed by atoms with Crippen molar-refractivity contribution in [1.29, 1.82) is 0 Å². The van der Waals surface area contributed by atoms with Crippen LogP contribution in [0, 0.1) is 0 Å². The zero-order valence-electron chi connectivity index (χ0n) is 12.5. The van der Waals surface area contributed by atoms with Crippen molar-refractivity contribution in [2.24, 2.45) is 0 Å². The summed E-state index contributed by atoms with van der Waals surface area (Å²) in [5, 5.41) is 3.11. The third-order valence-corrected chi connectivity index (χ3v) is 5.08. The number of anilines is 1. The van der Waals surface area contributed by atoms with Gasteiger partial charge in [0.15, 0.2) is 0 Å². The van der Waals surface area contributed by atoms with E-state index in [1.165, 1.54) is 12.1 Å². The van der Waals surface area contributed by atoms with Crippen LogP contribution in [0.2, 0.25) is 0 Å². The van der Waals surface area contributed by atoms with E-state index in [4.69, 9.17) is 9.47 Å². The second kappa shape index (κ2) is 7.06. The highest BCUT2D eigenvalue weighted by atomic mass is 32.2. The predicted octanol–water partition coefficient (Wildman–Crippen LogP) is 2.59. The molecular weight excluding hydrogens is 335 g/mol. The van der Waals surface area contributed by atoms with E-state index in [0.717, 1.165) is 25.0 Å². The molecule has 0 saturated carbocycles. The average molecular weight is 353 g/mol. The minimum atomic E-state index is -5.32. The largest absolute Gasteiger partial charge is 0.501 e. The van der Waals surface area contributed by atoms with E-state index in [-0.39, 0.29) is 12.1 Å². The third kappa shape index (κ3) is 4.15. The van der Waals surface area contributed by atoms with Crippen LogP contribution in [0.4, 0.5) is 18.9 Å². The number of hydrogen-bond donors (Lipinski definition) is 1. The standard InChI is InChI=1S/C14H18F3NO4S/c1-21-9-12(13-3-2-8-22-13)18-10-4-6-11(7-5-10)23(19,20)14(15,16)17/h4-7,12-13,18H,2-3,8-9H2,1H3/t12-,13-/m1/s1.